The van der Waals surface area contributed by atoms with E-state index in [0.29, 0.717) is 18.2 Å². The fraction of sp³-hybridized carbons (Fsp3) is 0.300. The average Bonchev–Trinajstić information content (AvgIpc) is 3.31. The van der Waals surface area contributed by atoms with Gasteiger partial charge in [0.25, 0.3) is 5.91 Å². The molecule has 1 saturated heterocycles. The molecular weight excluding hydrogens is 744 g/mol. The molecule has 2 unspecified atom stereocenters. The summed E-state index contributed by atoms with van der Waals surface area (Å²) >= 11 is 18.5. The highest BCUT2D eigenvalue weighted by atomic mass is 35.5. The molecule has 0 bridgehead atoms. The highest BCUT2D eigenvalue weighted by molar-refractivity contribution is 6.53. The van der Waals surface area contributed by atoms with E-state index >= 15 is 4.39 Å². The lowest BCUT2D eigenvalue weighted by molar-refractivity contribution is -0.216. The van der Waals surface area contributed by atoms with Gasteiger partial charge in [0.2, 0.25) is 11.8 Å². The second kappa shape index (κ2) is 13.2. The van der Waals surface area contributed by atoms with E-state index < -0.39 is 99.3 Å². The second-order valence-electron chi connectivity index (χ2n) is 11.0. The predicted molar refractivity (Wildman–Crippen MR) is 159 cm³/mol. The van der Waals surface area contributed by atoms with Crippen LogP contribution >= 0.6 is 34.8 Å². The first-order chi connectivity index (χ1) is 22.7. The zero-order chi connectivity index (χ0) is 36.2. The van der Waals surface area contributed by atoms with Gasteiger partial charge in [-0.1, -0.05) is 17.7 Å². The second-order valence-corrected chi connectivity index (χ2v) is 12.9. The number of ether oxygens (including phenoxy) is 1. The van der Waals surface area contributed by atoms with Crippen molar-refractivity contribution in [2.24, 2.45) is 11.8 Å². The van der Waals surface area contributed by atoms with Crippen LogP contribution in [-0.2, 0) is 20.5 Å². The molecule has 0 aromatic heterocycles. The van der Waals surface area contributed by atoms with Crippen molar-refractivity contribution in [2.75, 3.05) is 22.6 Å². The fourth-order valence-corrected chi connectivity index (χ4v) is 6.40. The molecule has 3 N–H and O–H groups in total. The SMILES string of the molecule is O=C(Nc1ccc(F)c(NC(=O)C2CCOC2C(F)(F)F)c1F)c1cc(NC(=O)[C@H]2[C@H](c3ccc(F)c(C(F)(F)F)c3)C2(Cl)Cl)ccc1Cl. The summed E-state index contributed by atoms with van der Waals surface area (Å²) in [4.78, 5) is 38.6. The number of hydrogen-bond donors (Lipinski definition) is 3. The molecule has 262 valence electrons. The minimum Gasteiger partial charge on any atom is -0.368 e. The van der Waals surface area contributed by atoms with E-state index in [-0.39, 0.29) is 28.3 Å². The van der Waals surface area contributed by atoms with Crippen molar-refractivity contribution in [3.8, 4) is 0 Å². The summed E-state index contributed by atoms with van der Waals surface area (Å²) in [6.07, 6.45) is -12.8. The number of alkyl halides is 8. The third kappa shape index (κ3) is 7.42. The molecule has 7 nitrogen and oxygen atoms in total. The minimum atomic E-state index is -5.04. The van der Waals surface area contributed by atoms with Crippen molar-refractivity contribution in [3.63, 3.8) is 0 Å². The molecule has 1 aliphatic carbocycles. The molecule has 49 heavy (non-hydrogen) atoms. The van der Waals surface area contributed by atoms with Crippen LogP contribution < -0.4 is 16.0 Å². The summed E-state index contributed by atoms with van der Waals surface area (Å²) in [5.74, 6) is -12.1. The molecule has 3 amide bonds. The Bertz CT molecular complexity index is 1840. The van der Waals surface area contributed by atoms with Gasteiger partial charge in [-0.15, -0.1) is 23.2 Å². The van der Waals surface area contributed by atoms with Gasteiger partial charge < -0.3 is 20.7 Å². The summed E-state index contributed by atoms with van der Waals surface area (Å²) < 4.78 is 125. The van der Waals surface area contributed by atoms with Crippen LogP contribution in [0, 0.1) is 29.3 Å². The molecule has 4 atom stereocenters. The number of hydrogen-bond acceptors (Lipinski definition) is 4. The van der Waals surface area contributed by atoms with Crippen LogP contribution in [0.1, 0.15) is 33.8 Å². The molecule has 5 rings (SSSR count). The summed E-state index contributed by atoms with van der Waals surface area (Å²) in [5.41, 5.74) is -4.09. The standard InChI is InChI=1S/C30H19Cl3F9N3O4/c31-16-3-2-12(43-27(48)21-20(28(21,32)33)11-1-4-17(34)15(9-11)29(37,38)39)10-14(16)26(47)44-19-6-5-18(35)23(22(19)36)45-25(46)13-7-8-49-24(13)30(40,41)42/h1-6,9-10,13,20-21,24H,7-8H2,(H,43,48)(H,44,47)(H,45,46)/t13?,20-,21+,24?/m0/s1. The Morgan fingerprint density at radius 1 is 0.837 bits per heavy atom. The van der Waals surface area contributed by atoms with Crippen LogP contribution in [0.2, 0.25) is 5.02 Å². The van der Waals surface area contributed by atoms with E-state index in [4.69, 9.17) is 34.8 Å². The van der Waals surface area contributed by atoms with Crippen LogP contribution in [0.4, 0.5) is 56.6 Å². The molecule has 0 radical (unpaired) electrons. The van der Waals surface area contributed by atoms with E-state index in [1.165, 1.54) is 6.07 Å². The number of carbonyl (C=O) groups excluding carboxylic acids is 3. The van der Waals surface area contributed by atoms with Gasteiger partial charge in [0, 0.05) is 18.2 Å². The van der Waals surface area contributed by atoms with Gasteiger partial charge in [-0.05, 0) is 54.4 Å². The Labute approximate surface area is 285 Å². The maximum Gasteiger partial charge on any atom is 0.419 e. The molecule has 3 aromatic rings. The maximum absolute atomic E-state index is 15.3. The van der Waals surface area contributed by atoms with Crippen molar-refractivity contribution in [3.05, 3.63) is 87.7 Å². The van der Waals surface area contributed by atoms with Gasteiger partial charge in [0.1, 0.15) is 21.7 Å². The Balaban J connectivity index is 1.31. The number of halogens is 12. The number of rotatable bonds is 7. The lowest BCUT2D eigenvalue weighted by Gasteiger charge is -2.21. The van der Waals surface area contributed by atoms with E-state index in [1.807, 2.05) is 0 Å². The Kier molecular flexibility index (Phi) is 9.84. The van der Waals surface area contributed by atoms with E-state index in [2.05, 4.69) is 15.4 Å². The summed E-state index contributed by atoms with van der Waals surface area (Å²) in [5, 5.41) is 6.03. The van der Waals surface area contributed by atoms with Crippen molar-refractivity contribution in [2.45, 2.75) is 35.1 Å². The monoisotopic (exact) mass is 761 g/mol. The minimum absolute atomic E-state index is 0.102. The van der Waals surface area contributed by atoms with Crippen molar-refractivity contribution < 1.29 is 58.6 Å². The van der Waals surface area contributed by atoms with Gasteiger partial charge >= 0.3 is 12.4 Å². The van der Waals surface area contributed by atoms with E-state index in [1.54, 1.807) is 5.32 Å². The molecule has 0 spiro atoms. The van der Waals surface area contributed by atoms with E-state index in [0.717, 1.165) is 24.3 Å². The van der Waals surface area contributed by atoms with Crippen molar-refractivity contribution in [1.29, 1.82) is 0 Å². The molecule has 1 heterocycles. The molecule has 1 saturated carbocycles. The molecule has 3 aromatic carbocycles. The predicted octanol–water partition coefficient (Wildman–Crippen LogP) is 8.46. The highest BCUT2D eigenvalue weighted by Crippen LogP contribution is 2.65. The lowest BCUT2D eigenvalue weighted by Crippen LogP contribution is -2.40. The van der Waals surface area contributed by atoms with Crippen molar-refractivity contribution in [1.82, 2.24) is 0 Å². The third-order valence-corrected chi connectivity index (χ3v) is 9.08. The number of amides is 3. The van der Waals surface area contributed by atoms with Gasteiger partial charge in [0.15, 0.2) is 11.9 Å². The van der Waals surface area contributed by atoms with Gasteiger partial charge in [-0.3, -0.25) is 14.4 Å². The maximum atomic E-state index is 15.3. The summed E-state index contributed by atoms with van der Waals surface area (Å²) in [7, 11) is 0. The zero-order valence-corrected chi connectivity index (χ0v) is 26.3. The van der Waals surface area contributed by atoms with Crippen LogP contribution in [0.5, 0.6) is 0 Å². The first-order valence-electron chi connectivity index (χ1n) is 13.8. The topological polar surface area (TPSA) is 96.5 Å². The molecule has 2 aliphatic rings. The van der Waals surface area contributed by atoms with Gasteiger partial charge in [-0.2, -0.15) is 26.3 Å². The first kappa shape index (κ1) is 36.5. The summed E-state index contributed by atoms with van der Waals surface area (Å²) in [6.45, 7) is -0.416. The quantitative estimate of drug-likeness (QED) is 0.166. The van der Waals surface area contributed by atoms with Gasteiger partial charge in [0.05, 0.1) is 33.7 Å². The smallest absolute Gasteiger partial charge is 0.368 e. The van der Waals surface area contributed by atoms with Crippen LogP contribution in [0.3, 0.4) is 0 Å². The first-order valence-corrected chi connectivity index (χ1v) is 15.0. The fourth-order valence-electron chi connectivity index (χ4n) is 5.37. The number of anilines is 3. The molecular formula is C30H19Cl3F9N3O4. The zero-order valence-electron chi connectivity index (χ0n) is 24.0. The van der Waals surface area contributed by atoms with E-state index in [9.17, 15) is 49.5 Å². The molecule has 2 fully saturated rings. The third-order valence-electron chi connectivity index (χ3n) is 7.81. The normalized spacial score (nSPS) is 21.6. The lowest BCUT2D eigenvalue weighted by atomic mass is 10.00. The van der Waals surface area contributed by atoms with Crippen LogP contribution in [0.25, 0.3) is 0 Å². The Morgan fingerprint density at radius 2 is 1.51 bits per heavy atom. The Morgan fingerprint density at radius 3 is 2.16 bits per heavy atom. The largest absolute Gasteiger partial charge is 0.419 e. The average molecular weight is 763 g/mol. The highest BCUT2D eigenvalue weighted by Gasteiger charge is 2.67. The number of carbonyl (C=O) groups is 3. The van der Waals surface area contributed by atoms with Crippen LogP contribution in [-0.4, -0.2) is 40.9 Å². The summed E-state index contributed by atoms with van der Waals surface area (Å²) in [6, 6.07) is 6.86. The molecule has 1 aliphatic heterocycles. The number of nitrogens with one attached hydrogen (secondary N) is 3. The number of benzene rings is 3. The van der Waals surface area contributed by atoms with Crippen molar-refractivity contribution >= 4 is 69.6 Å². The van der Waals surface area contributed by atoms with Gasteiger partial charge in [-0.25, -0.2) is 13.2 Å². The molecule has 19 heteroatoms. The van der Waals surface area contributed by atoms with Crippen LogP contribution in [0.15, 0.2) is 48.5 Å². The Hall–Kier alpha value is -3.73.